The Morgan fingerprint density at radius 2 is 1.21 bits per heavy atom. The summed E-state index contributed by atoms with van der Waals surface area (Å²) in [5.74, 6) is -0.834. The van der Waals surface area contributed by atoms with Crippen LogP contribution in [0.2, 0.25) is 0 Å². The van der Waals surface area contributed by atoms with E-state index < -0.39 is 5.97 Å². The molecule has 0 bridgehead atoms. The Morgan fingerprint density at radius 3 is 1.63 bits per heavy atom. The highest BCUT2D eigenvalue weighted by Crippen LogP contribution is 2.12. The highest BCUT2D eigenvalue weighted by molar-refractivity contribution is 5.79. The van der Waals surface area contributed by atoms with Crippen molar-refractivity contribution in [1.82, 2.24) is 0 Å². The minimum atomic E-state index is -0.834. The third kappa shape index (κ3) is 17.2. The monoisotopic (exact) mass is 268 g/mol. The van der Waals surface area contributed by atoms with Gasteiger partial charge in [0.2, 0.25) is 0 Å². The van der Waals surface area contributed by atoms with Crippen LogP contribution in [0.15, 0.2) is 12.2 Å². The summed E-state index contributed by atoms with van der Waals surface area (Å²) in [5, 5.41) is 8.42. The topological polar surface area (TPSA) is 37.3 Å². The lowest BCUT2D eigenvalue weighted by molar-refractivity contribution is -0.131. The second-order valence-electron chi connectivity index (χ2n) is 5.42. The van der Waals surface area contributed by atoms with E-state index >= 15 is 0 Å². The van der Waals surface area contributed by atoms with Crippen molar-refractivity contribution in [3.8, 4) is 0 Å². The van der Waals surface area contributed by atoms with Crippen LogP contribution in [0.4, 0.5) is 0 Å². The molecule has 0 aliphatic rings. The van der Waals surface area contributed by atoms with E-state index in [9.17, 15) is 4.79 Å². The van der Waals surface area contributed by atoms with E-state index in [1.807, 2.05) is 0 Å². The zero-order valence-corrected chi connectivity index (χ0v) is 12.7. The molecular formula is C17H32O2. The molecular weight excluding hydrogens is 236 g/mol. The highest BCUT2D eigenvalue weighted by atomic mass is 16.4. The average Bonchev–Trinajstić information content (AvgIpc) is 2.39. The molecule has 0 saturated carbocycles. The lowest BCUT2D eigenvalue weighted by atomic mass is 10.0. The maximum atomic E-state index is 10.2. The Morgan fingerprint density at radius 1 is 0.789 bits per heavy atom. The Bertz CT molecular complexity index is 221. The van der Waals surface area contributed by atoms with Crippen molar-refractivity contribution in [2.24, 2.45) is 0 Å². The van der Waals surface area contributed by atoms with E-state index in [1.165, 1.54) is 76.7 Å². The third-order valence-electron chi connectivity index (χ3n) is 3.48. The summed E-state index contributed by atoms with van der Waals surface area (Å²) in [6, 6.07) is 0. The SMILES string of the molecule is CCCCCCCCCCCCCCC=CC(=O)O. The normalized spacial score (nSPS) is 11.2. The molecule has 19 heavy (non-hydrogen) atoms. The minimum Gasteiger partial charge on any atom is -0.478 e. The van der Waals surface area contributed by atoms with Crippen LogP contribution in [-0.4, -0.2) is 11.1 Å². The minimum absolute atomic E-state index is 0.834. The largest absolute Gasteiger partial charge is 0.478 e. The number of carboxylic acids is 1. The average molecular weight is 268 g/mol. The molecule has 0 atom stereocenters. The molecule has 0 amide bonds. The number of hydrogen-bond acceptors (Lipinski definition) is 1. The molecule has 2 heteroatoms. The molecule has 0 spiro atoms. The van der Waals surface area contributed by atoms with Crippen LogP contribution in [-0.2, 0) is 4.79 Å². The van der Waals surface area contributed by atoms with Crippen LogP contribution in [0.5, 0.6) is 0 Å². The molecule has 112 valence electrons. The van der Waals surface area contributed by atoms with Gasteiger partial charge in [0.05, 0.1) is 0 Å². The maximum absolute atomic E-state index is 10.2. The van der Waals surface area contributed by atoms with Gasteiger partial charge in [0.1, 0.15) is 0 Å². The third-order valence-corrected chi connectivity index (χ3v) is 3.48. The summed E-state index contributed by atoms with van der Waals surface area (Å²) in [5.41, 5.74) is 0. The van der Waals surface area contributed by atoms with Crippen LogP contribution in [0.25, 0.3) is 0 Å². The van der Waals surface area contributed by atoms with Gasteiger partial charge in [-0.05, 0) is 12.8 Å². The lowest BCUT2D eigenvalue weighted by Crippen LogP contribution is -1.86. The summed E-state index contributed by atoms with van der Waals surface area (Å²) in [6.07, 6.45) is 20.1. The number of unbranched alkanes of at least 4 members (excludes halogenated alkanes) is 12. The zero-order valence-electron chi connectivity index (χ0n) is 12.7. The van der Waals surface area contributed by atoms with Crippen molar-refractivity contribution in [3.63, 3.8) is 0 Å². The number of rotatable bonds is 14. The molecule has 1 N–H and O–H groups in total. The van der Waals surface area contributed by atoms with Crippen molar-refractivity contribution in [2.75, 3.05) is 0 Å². The van der Waals surface area contributed by atoms with Gasteiger partial charge in [-0.2, -0.15) is 0 Å². The van der Waals surface area contributed by atoms with Gasteiger partial charge >= 0.3 is 5.97 Å². The predicted octanol–water partition coefficient (Wildman–Crippen LogP) is 5.72. The van der Waals surface area contributed by atoms with Crippen LogP contribution in [0.1, 0.15) is 90.4 Å². The molecule has 0 aromatic heterocycles. The van der Waals surface area contributed by atoms with E-state index in [4.69, 9.17) is 5.11 Å². The van der Waals surface area contributed by atoms with Crippen LogP contribution >= 0.6 is 0 Å². The maximum Gasteiger partial charge on any atom is 0.327 e. The molecule has 0 fully saturated rings. The summed E-state index contributed by atoms with van der Waals surface area (Å²) >= 11 is 0. The lowest BCUT2D eigenvalue weighted by Gasteiger charge is -2.02. The number of hydrogen-bond donors (Lipinski definition) is 1. The molecule has 0 heterocycles. The number of aliphatic carboxylic acids is 1. The van der Waals surface area contributed by atoms with Crippen LogP contribution in [0, 0.1) is 0 Å². The molecule has 0 aliphatic heterocycles. The number of allylic oxidation sites excluding steroid dienone is 1. The first-order valence-corrected chi connectivity index (χ1v) is 8.17. The first-order valence-electron chi connectivity index (χ1n) is 8.17. The first kappa shape index (κ1) is 18.2. The van der Waals surface area contributed by atoms with E-state index in [0.29, 0.717) is 0 Å². The van der Waals surface area contributed by atoms with Crippen LogP contribution in [0.3, 0.4) is 0 Å². The van der Waals surface area contributed by atoms with Gasteiger partial charge in [-0.25, -0.2) is 4.79 Å². The van der Waals surface area contributed by atoms with Crippen molar-refractivity contribution in [1.29, 1.82) is 0 Å². The summed E-state index contributed by atoms with van der Waals surface area (Å²) < 4.78 is 0. The first-order chi connectivity index (χ1) is 9.27. The molecule has 0 aliphatic carbocycles. The van der Waals surface area contributed by atoms with E-state index in [2.05, 4.69) is 6.92 Å². The molecule has 2 nitrogen and oxygen atoms in total. The Kier molecular flexibility index (Phi) is 14.6. The summed E-state index contributed by atoms with van der Waals surface area (Å²) in [4.78, 5) is 10.2. The van der Waals surface area contributed by atoms with Gasteiger partial charge in [-0.1, -0.05) is 83.6 Å². The fraction of sp³-hybridized carbons (Fsp3) is 0.824. The molecule has 0 saturated heterocycles. The van der Waals surface area contributed by atoms with Gasteiger partial charge < -0.3 is 5.11 Å². The van der Waals surface area contributed by atoms with Gasteiger partial charge in [0, 0.05) is 6.08 Å². The van der Waals surface area contributed by atoms with Crippen molar-refractivity contribution >= 4 is 5.97 Å². The molecule has 0 radical (unpaired) electrons. The molecule has 0 aromatic rings. The van der Waals surface area contributed by atoms with Gasteiger partial charge in [0.15, 0.2) is 0 Å². The fourth-order valence-corrected chi connectivity index (χ4v) is 2.29. The highest BCUT2D eigenvalue weighted by Gasteiger charge is 1.93. The smallest absolute Gasteiger partial charge is 0.327 e. The van der Waals surface area contributed by atoms with Crippen LogP contribution < -0.4 is 0 Å². The van der Waals surface area contributed by atoms with Crippen molar-refractivity contribution < 1.29 is 9.90 Å². The fourth-order valence-electron chi connectivity index (χ4n) is 2.29. The predicted molar refractivity (Wildman–Crippen MR) is 82.5 cm³/mol. The number of carbonyl (C=O) groups is 1. The quantitative estimate of drug-likeness (QED) is 0.323. The Hall–Kier alpha value is -0.790. The van der Waals surface area contributed by atoms with Gasteiger partial charge in [-0.15, -0.1) is 0 Å². The molecule has 0 aromatic carbocycles. The molecule has 0 unspecified atom stereocenters. The van der Waals surface area contributed by atoms with Crippen molar-refractivity contribution in [3.05, 3.63) is 12.2 Å². The summed E-state index contributed by atoms with van der Waals surface area (Å²) in [7, 11) is 0. The second-order valence-corrected chi connectivity index (χ2v) is 5.42. The van der Waals surface area contributed by atoms with E-state index in [0.717, 1.165) is 12.8 Å². The standard InChI is InChI=1S/C17H32O2/c1-2-3-4-5-6-7-8-9-10-11-12-13-14-15-16-17(18)19/h15-16H,2-14H2,1H3,(H,18,19). The summed E-state index contributed by atoms with van der Waals surface area (Å²) in [6.45, 7) is 2.26. The van der Waals surface area contributed by atoms with Crippen molar-refractivity contribution in [2.45, 2.75) is 90.4 Å². The van der Waals surface area contributed by atoms with E-state index in [1.54, 1.807) is 6.08 Å². The van der Waals surface area contributed by atoms with E-state index in [-0.39, 0.29) is 0 Å². The Balaban J connectivity index is 3.01. The zero-order chi connectivity index (χ0) is 14.2. The van der Waals surface area contributed by atoms with Gasteiger partial charge in [0.25, 0.3) is 0 Å². The molecule has 0 rings (SSSR count). The number of carboxylic acid groups (broad SMARTS) is 1. The second kappa shape index (κ2) is 15.3. The van der Waals surface area contributed by atoms with Gasteiger partial charge in [-0.3, -0.25) is 0 Å². The Labute approximate surface area is 119 Å².